The van der Waals surface area contributed by atoms with Crippen molar-refractivity contribution in [3.8, 4) is 0 Å². The smallest absolute Gasteiger partial charge is 0.291 e. The molecule has 134 valence electrons. The first kappa shape index (κ1) is 17.9. The van der Waals surface area contributed by atoms with Gasteiger partial charge in [0.15, 0.2) is 5.76 Å². The number of anilines is 1. The Morgan fingerprint density at radius 2 is 1.77 bits per heavy atom. The predicted molar refractivity (Wildman–Crippen MR) is 102 cm³/mol. The lowest BCUT2D eigenvalue weighted by molar-refractivity contribution is 0.0926. The number of thiophene rings is 1. The fourth-order valence-corrected chi connectivity index (χ4v) is 3.51. The van der Waals surface area contributed by atoms with Crippen molar-refractivity contribution < 1.29 is 14.0 Å². The van der Waals surface area contributed by atoms with Gasteiger partial charge in [-0.05, 0) is 53.8 Å². The number of hydrogen-bond donors (Lipinski definition) is 2. The van der Waals surface area contributed by atoms with E-state index in [1.807, 2.05) is 17.5 Å². The third-order valence-corrected chi connectivity index (χ3v) is 4.91. The zero-order valence-corrected chi connectivity index (χ0v) is 15.4. The standard InChI is InChI=1S/C20H20N2O3S/c1-13(2)18(17-6-4-12-26-17)22-19(23)14-7-9-15(10-8-14)21-20(24)16-5-3-11-25-16/h3-13,18H,1-2H3,(H,21,24)(H,22,23)/t18-/m1/s1. The molecule has 0 spiro atoms. The van der Waals surface area contributed by atoms with Gasteiger partial charge in [-0.25, -0.2) is 0 Å². The van der Waals surface area contributed by atoms with E-state index in [-0.39, 0.29) is 29.5 Å². The molecule has 0 saturated carbocycles. The number of amides is 2. The number of nitrogens with one attached hydrogen (secondary N) is 2. The molecule has 2 amide bonds. The van der Waals surface area contributed by atoms with Crippen LogP contribution in [-0.2, 0) is 0 Å². The Balaban J connectivity index is 1.66. The van der Waals surface area contributed by atoms with Gasteiger partial charge in [0.05, 0.1) is 12.3 Å². The van der Waals surface area contributed by atoms with Gasteiger partial charge >= 0.3 is 0 Å². The lowest BCUT2D eigenvalue weighted by atomic mass is 10.0. The minimum Gasteiger partial charge on any atom is -0.459 e. The van der Waals surface area contributed by atoms with Gasteiger partial charge in [0.25, 0.3) is 11.8 Å². The highest BCUT2D eigenvalue weighted by atomic mass is 32.1. The molecule has 0 radical (unpaired) electrons. The van der Waals surface area contributed by atoms with Crippen molar-refractivity contribution in [1.29, 1.82) is 0 Å². The van der Waals surface area contributed by atoms with E-state index >= 15 is 0 Å². The topological polar surface area (TPSA) is 71.3 Å². The first-order valence-corrected chi connectivity index (χ1v) is 9.21. The minimum absolute atomic E-state index is 0.0270. The van der Waals surface area contributed by atoms with E-state index in [1.165, 1.54) is 6.26 Å². The van der Waals surface area contributed by atoms with Crippen LogP contribution in [-0.4, -0.2) is 11.8 Å². The molecule has 3 aromatic rings. The zero-order valence-electron chi connectivity index (χ0n) is 14.6. The Morgan fingerprint density at radius 1 is 1.00 bits per heavy atom. The molecule has 2 heterocycles. The Bertz CT molecular complexity index is 853. The molecule has 0 aliphatic heterocycles. The molecule has 5 nitrogen and oxygen atoms in total. The zero-order chi connectivity index (χ0) is 18.5. The van der Waals surface area contributed by atoms with Crippen LogP contribution in [0.5, 0.6) is 0 Å². The van der Waals surface area contributed by atoms with Gasteiger partial charge in [-0.15, -0.1) is 11.3 Å². The molecular weight excluding hydrogens is 348 g/mol. The maximum Gasteiger partial charge on any atom is 0.291 e. The first-order valence-electron chi connectivity index (χ1n) is 8.34. The average molecular weight is 368 g/mol. The molecular formula is C20H20N2O3S. The van der Waals surface area contributed by atoms with E-state index in [9.17, 15) is 9.59 Å². The van der Waals surface area contributed by atoms with Crippen molar-refractivity contribution >= 4 is 28.8 Å². The third-order valence-electron chi connectivity index (χ3n) is 3.95. The van der Waals surface area contributed by atoms with Gasteiger partial charge in [-0.3, -0.25) is 9.59 Å². The summed E-state index contributed by atoms with van der Waals surface area (Å²) in [6.07, 6.45) is 1.45. The molecule has 0 aliphatic carbocycles. The largest absolute Gasteiger partial charge is 0.459 e. The van der Waals surface area contributed by atoms with Crippen molar-refractivity contribution in [2.45, 2.75) is 19.9 Å². The number of rotatable bonds is 6. The van der Waals surface area contributed by atoms with Crippen LogP contribution in [0.25, 0.3) is 0 Å². The van der Waals surface area contributed by atoms with Crippen LogP contribution >= 0.6 is 11.3 Å². The lowest BCUT2D eigenvalue weighted by Gasteiger charge is -2.21. The summed E-state index contributed by atoms with van der Waals surface area (Å²) < 4.78 is 5.06. The maximum atomic E-state index is 12.6. The highest BCUT2D eigenvalue weighted by Gasteiger charge is 2.20. The molecule has 2 N–H and O–H groups in total. The summed E-state index contributed by atoms with van der Waals surface area (Å²) >= 11 is 1.63. The molecule has 1 aromatic carbocycles. The summed E-state index contributed by atoms with van der Waals surface area (Å²) in [4.78, 5) is 25.7. The molecule has 6 heteroatoms. The Kier molecular flexibility index (Phi) is 5.53. The summed E-state index contributed by atoms with van der Waals surface area (Å²) in [6, 6.07) is 14.0. The second kappa shape index (κ2) is 8.01. The van der Waals surface area contributed by atoms with Crippen LogP contribution < -0.4 is 10.6 Å². The van der Waals surface area contributed by atoms with E-state index < -0.39 is 0 Å². The number of furan rings is 1. The molecule has 26 heavy (non-hydrogen) atoms. The van der Waals surface area contributed by atoms with Crippen LogP contribution in [0, 0.1) is 5.92 Å². The molecule has 0 saturated heterocycles. The van der Waals surface area contributed by atoms with Crippen LogP contribution in [0.15, 0.2) is 64.6 Å². The number of hydrogen-bond acceptors (Lipinski definition) is 4. The summed E-state index contributed by atoms with van der Waals surface area (Å²) in [5.74, 6) is 0.0535. The van der Waals surface area contributed by atoms with Gasteiger partial charge in [-0.2, -0.15) is 0 Å². The summed E-state index contributed by atoms with van der Waals surface area (Å²) in [7, 11) is 0. The van der Waals surface area contributed by atoms with Crippen molar-refractivity contribution in [2.75, 3.05) is 5.32 Å². The highest BCUT2D eigenvalue weighted by molar-refractivity contribution is 7.10. The van der Waals surface area contributed by atoms with Crippen molar-refractivity contribution in [1.82, 2.24) is 5.32 Å². The predicted octanol–water partition coefficient (Wildman–Crippen LogP) is 4.72. The first-order chi connectivity index (χ1) is 12.5. The second-order valence-electron chi connectivity index (χ2n) is 6.22. The maximum absolute atomic E-state index is 12.6. The fourth-order valence-electron chi connectivity index (χ4n) is 2.56. The summed E-state index contributed by atoms with van der Waals surface area (Å²) in [5, 5.41) is 7.82. The van der Waals surface area contributed by atoms with Crippen LogP contribution in [0.1, 0.15) is 45.7 Å². The molecule has 0 aliphatic rings. The van der Waals surface area contributed by atoms with Crippen molar-refractivity contribution in [3.63, 3.8) is 0 Å². The minimum atomic E-state index is -0.329. The SMILES string of the molecule is CC(C)[C@@H](NC(=O)c1ccc(NC(=O)c2ccco2)cc1)c1cccs1. The average Bonchev–Trinajstić information content (AvgIpc) is 3.33. The van der Waals surface area contributed by atoms with E-state index in [0.29, 0.717) is 11.3 Å². The molecule has 2 aromatic heterocycles. The number of benzene rings is 1. The van der Waals surface area contributed by atoms with E-state index in [1.54, 1.807) is 47.7 Å². The Morgan fingerprint density at radius 3 is 2.35 bits per heavy atom. The van der Waals surface area contributed by atoms with E-state index in [2.05, 4.69) is 24.5 Å². The lowest BCUT2D eigenvalue weighted by Crippen LogP contribution is -2.31. The van der Waals surface area contributed by atoms with Gasteiger partial charge in [0.2, 0.25) is 0 Å². The second-order valence-corrected chi connectivity index (χ2v) is 7.20. The third kappa shape index (κ3) is 4.21. The molecule has 0 unspecified atom stereocenters. The van der Waals surface area contributed by atoms with Gasteiger partial charge in [0.1, 0.15) is 0 Å². The summed E-state index contributed by atoms with van der Waals surface area (Å²) in [5.41, 5.74) is 1.14. The fraction of sp³-hybridized carbons (Fsp3) is 0.200. The van der Waals surface area contributed by atoms with Crippen molar-refractivity contribution in [3.05, 3.63) is 76.4 Å². The van der Waals surface area contributed by atoms with Crippen LogP contribution in [0.2, 0.25) is 0 Å². The monoisotopic (exact) mass is 368 g/mol. The molecule has 0 bridgehead atoms. The van der Waals surface area contributed by atoms with Crippen LogP contribution in [0.3, 0.4) is 0 Å². The van der Waals surface area contributed by atoms with Gasteiger partial charge < -0.3 is 15.1 Å². The molecule has 0 fully saturated rings. The van der Waals surface area contributed by atoms with Gasteiger partial charge in [-0.1, -0.05) is 19.9 Å². The van der Waals surface area contributed by atoms with Crippen LogP contribution in [0.4, 0.5) is 5.69 Å². The number of carbonyl (C=O) groups is 2. The number of carbonyl (C=O) groups excluding carboxylic acids is 2. The highest BCUT2D eigenvalue weighted by Crippen LogP contribution is 2.26. The van der Waals surface area contributed by atoms with Crippen molar-refractivity contribution in [2.24, 2.45) is 5.92 Å². The van der Waals surface area contributed by atoms with E-state index in [0.717, 1.165) is 4.88 Å². The van der Waals surface area contributed by atoms with E-state index in [4.69, 9.17) is 4.42 Å². The Labute approximate surface area is 156 Å². The molecule has 1 atom stereocenters. The molecule has 3 rings (SSSR count). The van der Waals surface area contributed by atoms with Gasteiger partial charge in [0, 0.05) is 16.1 Å². The quantitative estimate of drug-likeness (QED) is 0.661. The summed E-state index contributed by atoms with van der Waals surface area (Å²) in [6.45, 7) is 4.16. The normalized spacial score (nSPS) is 12.0. The Hall–Kier alpha value is -2.86.